The van der Waals surface area contributed by atoms with E-state index >= 15 is 0 Å². The molecule has 0 aliphatic heterocycles. The first-order valence-corrected chi connectivity index (χ1v) is 6.06. The summed E-state index contributed by atoms with van der Waals surface area (Å²) < 4.78 is 6.82. The van der Waals surface area contributed by atoms with Crippen LogP contribution in [-0.4, -0.2) is 28.6 Å². The number of aliphatic hydroxyl groups excluding tert-OH is 1. The standard InChI is InChI=1S/C13H15ClN2O2/c1-18-12-4-2-10(3-5-12)9-16-13(14)11(6-7-17)8-15-16/h2-5,8,17H,6-7,9H2,1H3. The maximum absolute atomic E-state index is 8.89. The zero-order valence-electron chi connectivity index (χ0n) is 10.1. The third-order valence-electron chi connectivity index (χ3n) is 2.72. The van der Waals surface area contributed by atoms with Gasteiger partial charge >= 0.3 is 0 Å². The van der Waals surface area contributed by atoms with Crippen molar-refractivity contribution in [3.05, 3.63) is 46.7 Å². The first-order valence-electron chi connectivity index (χ1n) is 5.68. The summed E-state index contributed by atoms with van der Waals surface area (Å²) in [6.07, 6.45) is 2.23. The topological polar surface area (TPSA) is 47.3 Å². The lowest BCUT2D eigenvalue weighted by molar-refractivity contribution is 0.299. The molecule has 2 rings (SSSR count). The molecule has 18 heavy (non-hydrogen) atoms. The SMILES string of the molecule is COc1ccc(Cn2ncc(CCO)c2Cl)cc1. The van der Waals surface area contributed by atoms with Gasteiger partial charge in [-0.2, -0.15) is 5.10 Å². The molecule has 1 N–H and O–H groups in total. The second kappa shape index (κ2) is 5.89. The Balaban J connectivity index is 2.12. The summed E-state index contributed by atoms with van der Waals surface area (Å²) in [5, 5.41) is 13.7. The summed E-state index contributed by atoms with van der Waals surface area (Å²) >= 11 is 6.18. The van der Waals surface area contributed by atoms with Crippen molar-refractivity contribution in [1.82, 2.24) is 9.78 Å². The summed E-state index contributed by atoms with van der Waals surface area (Å²) in [5.41, 5.74) is 1.96. The summed E-state index contributed by atoms with van der Waals surface area (Å²) in [5.74, 6) is 0.825. The minimum absolute atomic E-state index is 0.0773. The third-order valence-corrected chi connectivity index (χ3v) is 3.15. The molecule has 0 aliphatic carbocycles. The highest BCUT2D eigenvalue weighted by molar-refractivity contribution is 6.30. The van der Waals surface area contributed by atoms with E-state index in [-0.39, 0.29) is 6.61 Å². The zero-order chi connectivity index (χ0) is 13.0. The minimum Gasteiger partial charge on any atom is -0.497 e. The van der Waals surface area contributed by atoms with Crippen molar-refractivity contribution >= 4 is 11.6 Å². The second-order valence-electron chi connectivity index (χ2n) is 3.94. The number of aliphatic hydroxyl groups is 1. The highest BCUT2D eigenvalue weighted by Gasteiger charge is 2.08. The molecular weight excluding hydrogens is 252 g/mol. The first kappa shape index (κ1) is 12.9. The maximum atomic E-state index is 8.89. The smallest absolute Gasteiger partial charge is 0.130 e. The second-order valence-corrected chi connectivity index (χ2v) is 4.30. The monoisotopic (exact) mass is 266 g/mol. The van der Waals surface area contributed by atoms with Crippen LogP contribution in [0.3, 0.4) is 0 Å². The van der Waals surface area contributed by atoms with E-state index in [9.17, 15) is 0 Å². The van der Waals surface area contributed by atoms with Crippen LogP contribution >= 0.6 is 11.6 Å². The molecule has 1 heterocycles. The summed E-state index contributed by atoms with van der Waals surface area (Å²) in [6, 6.07) is 7.76. The number of nitrogens with zero attached hydrogens (tertiary/aromatic N) is 2. The zero-order valence-corrected chi connectivity index (χ0v) is 10.9. The van der Waals surface area contributed by atoms with Crippen LogP contribution in [0.2, 0.25) is 5.15 Å². The van der Waals surface area contributed by atoms with Crippen LogP contribution in [0.4, 0.5) is 0 Å². The molecular formula is C13H15ClN2O2. The minimum atomic E-state index is 0.0773. The molecule has 0 saturated heterocycles. The molecule has 0 bridgehead atoms. The molecule has 0 atom stereocenters. The van der Waals surface area contributed by atoms with Crippen LogP contribution in [0, 0.1) is 0 Å². The van der Waals surface area contributed by atoms with Gasteiger partial charge in [0.1, 0.15) is 10.9 Å². The number of hydrogen-bond donors (Lipinski definition) is 1. The summed E-state index contributed by atoms with van der Waals surface area (Å²) in [4.78, 5) is 0. The average Bonchev–Trinajstić information content (AvgIpc) is 2.73. The van der Waals surface area contributed by atoms with Crippen LogP contribution in [-0.2, 0) is 13.0 Å². The predicted molar refractivity (Wildman–Crippen MR) is 70.1 cm³/mol. The van der Waals surface area contributed by atoms with Gasteiger partial charge in [-0.15, -0.1) is 0 Å². The van der Waals surface area contributed by atoms with E-state index in [0.29, 0.717) is 18.1 Å². The number of benzene rings is 1. The van der Waals surface area contributed by atoms with Crippen molar-refractivity contribution in [2.24, 2.45) is 0 Å². The Labute approximate surface area is 111 Å². The van der Waals surface area contributed by atoms with Crippen LogP contribution in [0.25, 0.3) is 0 Å². The Morgan fingerprint density at radius 1 is 1.33 bits per heavy atom. The van der Waals surface area contributed by atoms with Crippen LogP contribution in [0.1, 0.15) is 11.1 Å². The molecule has 0 spiro atoms. The molecule has 0 aliphatic rings. The van der Waals surface area contributed by atoms with Gasteiger partial charge in [-0.25, -0.2) is 4.68 Å². The summed E-state index contributed by atoms with van der Waals surface area (Å²) in [6.45, 7) is 0.683. The molecule has 1 aromatic carbocycles. The first-order chi connectivity index (χ1) is 8.74. The lowest BCUT2D eigenvalue weighted by Gasteiger charge is -2.05. The molecule has 96 valence electrons. The van der Waals surface area contributed by atoms with Gasteiger partial charge in [0.25, 0.3) is 0 Å². The van der Waals surface area contributed by atoms with Gasteiger partial charge in [-0.05, 0) is 17.7 Å². The third kappa shape index (κ3) is 2.83. The fraction of sp³-hybridized carbons (Fsp3) is 0.308. The van der Waals surface area contributed by atoms with E-state index in [1.807, 2.05) is 24.3 Å². The van der Waals surface area contributed by atoms with E-state index in [4.69, 9.17) is 21.4 Å². The molecule has 0 saturated carbocycles. The van der Waals surface area contributed by atoms with E-state index in [1.54, 1.807) is 18.0 Å². The molecule has 2 aromatic rings. The van der Waals surface area contributed by atoms with Gasteiger partial charge in [0.05, 0.1) is 19.9 Å². The number of halogens is 1. The Hall–Kier alpha value is -1.52. The van der Waals surface area contributed by atoms with Crippen LogP contribution < -0.4 is 4.74 Å². The highest BCUT2D eigenvalue weighted by atomic mass is 35.5. The van der Waals surface area contributed by atoms with Gasteiger partial charge in [0, 0.05) is 18.6 Å². The Morgan fingerprint density at radius 2 is 2.06 bits per heavy atom. The molecule has 0 fully saturated rings. The normalized spacial score (nSPS) is 10.6. The molecule has 4 nitrogen and oxygen atoms in total. The molecule has 5 heteroatoms. The van der Waals surface area contributed by atoms with Crippen molar-refractivity contribution in [3.63, 3.8) is 0 Å². The number of ether oxygens (including phenoxy) is 1. The number of aromatic nitrogens is 2. The van der Waals surface area contributed by atoms with E-state index in [2.05, 4.69) is 5.10 Å². The highest BCUT2D eigenvalue weighted by Crippen LogP contribution is 2.18. The molecule has 1 aromatic heterocycles. The fourth-order valence-electron chi connectivity index (χ4n) is 1.71. The van der Waals surface area contributed by atoms with Crippen molar-refractivity contribution in [2.45, 2.75) is 13.0 Å². The fourth-order valence-corrected chi connectivity index (χ4v) is 1.96. The predicted octanol–water partition coefficient (Wildman–Crippen LogP) is 2.13. The van der Waals surface area contributed by atoms with E-state index < -0.39 is 0 Å². The van der Waals surface area contributed by atoms with Crippen molar-refractivity contribution in [1.29, 1.82) is 0 Å². The number of methoxy groups -OCH3 is 1. The van der Waals surface area contributed by atoms with Crippen molar-refractivity contribution in [2.75, 3.05) is 13.7 Å². The molecule has 0 amide bonds. The van der Waals surface area contributed by atoms with Gasteiger partial charge < -0.3 is 9.84 Å². The average molecular weight is 267 g/mol. The van der Waals surface area contributed by atoms with Crippen molar-refractivity contribution < 1.29 is 9.84 Å². The van der Waals surface area contributed by atoms with E-state index in [0.717, 1.165) is 16.9 Å². The summed E-state index contributed by atoms with van der Waals surface area (Å²) in [7, 11) is 1.64. The lowest BCUT2D eigenvalue weighted by Crippen LogP contribution is -2.02. The van der Waals surface area contributed by atoms with Crippen LogP contribution in [0.15, 0.2) is 30.5 Å². The maximum Gasteiger partial charge on any atom is 0.130 e. The largest absolute Gasteiger partial charge is 0.497 e. The van der Waals surface area contributed by atoms with Gasteiger partial charge in [-0.3, -0.25) is 0 Å². The number of hydrogen-bond acceptors (Lipinski definition) is 3. The lowest BCUT2D eigenvalue weighted by atomic mass is 10.2. The van der Waals surface area contributed by atoms with Crippen LogP contribution in [0.5, 0.6) is 5.75 Å². The van der Waals surface area contributed by atoms with Gasteiger partial charge in [-0.1, -0.05) is 23.7 Å². The quantitative estimate of drug-likeness (QED) is 0.902. The van der Waals surface area contributed by atoms with Crippen molar-refractivity contribution in [3.8, 4) is 5.75 Å². The van der Waals surface area contributed by atoms with Gasteiger partial charge in [0.2, 0.25) is 0 Å². The Morgan fingerprint density at radius 3 is 2.67 bits per heavy atom. The Bertz CT molecular complexity index is 508. The Kier molecular flexibility index (Phi) is 4.23. The van der Waals surface area contributed by atoms with Gasteiger partial charge in [0.15, 0.2) is 0 Å². The number of rotatable bonds is 5. The van der Waals surface area contributed by atoms with E-state index in [1.165, 1.54) is 0 Å². The molecule has 0 unspecified atom stereocenters. The molecule has 0 radical (unpaired) electrons.